The average molecular weight is 321 g/mol. The van der Waals surface area contributed by atoms with Gasteiger partial charge in [-0.15, -0.1) is 0 Å². The average Bonchev–Trinajstić information content (AvgIpc) is 2.86. The Kier molecular flexibility index (Phi) is 4.37. The van der Waals surface area contributed by atoms with Crippen molar-refractivity contribution in [3.8, 4) is 11.3 Å². The van der Waals surface area contributed by atoms with Gasteiger partial charge in [0, 0.05) is 43.4 Å². The van der Waals surface area contributed by atoms with Crippen LogP contribution in [0, 0.1) is 13.8 Å². The van der Waals surface area contributed by atoms with Gasteiger partial charge in [-0.05, 0) is 43.7 Å². The van der Waals surface area contributed by atoms with E-state index in [9.17, 15) is 4.79 Å². The zero-order chi connectivity index (χ0) is 17.1. The lowest BCUT2D eigenvalue weighted by atomic mass is 10.1. The molecule has 3 aromatic heterocycles. The van der Waals surface area contributed by atoms with Crippen molar-refractivity contribution in [1.82, 2.24) is 25.1 Å². The van der Waals surface area contributed by atoms with Crippen LogP contribution in [0.5, 0.6) is 0 Å². The highest BCUT2D eigenvalue weighted by atomic mass is 16.1. The third-order valence-corrected chi connectivity index (χ3v) is 3.99. The molecule has 0 bridgehead atoms. The quantitative estimate of drug-likeness (QED) is 0.801. The van der Waals surface area contributed by atoms with Gasteiger partial charge in [0.05, 0.1) is 17.0 Å². The number of carbonyl (C=O) groups excluding carboxylic acids is 1. The molecular weight excluding hydrogens is 302 g/mol. The fourth-order valence-electron chi connectivity index (χ4n) is 2.64. The van der Waals surface area contributed by atoms with E-state index in [1.807, 2.05) is 45.2 Å². The molecule has 0 aliphatic carbocycles. The number of rotatable bonds is 4. The normalized spacial score (nSPS) is 10.6. The summed E-state index contributed by atoms with van der Waals surface area (Å²) in [5.41, 5.74) is 5.08. The van der Waals surface area contributed by atoms with E-state index in [0.29, 0.717) is 12.1 Å². The first-order valence-corrected chi connectivity index (χ1v) is 7.70. The summed E-state index contributed by atoms with van der Waals surface area (Å²) in [7, 11) is 1.84. The van der Waals surface area contributed by atoms with Gasteiger partial charge >= 0.3 is 0 Å². The first-order valence-electron chi connectivity index (χ1n) is 7.70. The topological polar surface area (TPSA) is 72.7 Å². The van der Waals surface area contributed by atoms with E-state index in [1.165, 1.54) is 0 Å². The number of hydrogen-bond donors (Lipinski definition) is 1. The Balaban J connectivity index is 1.74. The van der Waals surface area contributed by atoms with Crippen LogP contribution in [-0.4, -0.2) is 25.7 Å². The maximum Gasteiger partial charge on any atom is 0.255 e. The molecule has 1 N–H and O–H groups in total. The molecule has 0 radical (unpaired) electrons. The lowest BCUT2D eigenvalue weighted by Gasteiger charge is -2.07. The van der Waals surface area contributed by atoms with Crippen LogP contribution < -0.4 is 5.32 Å². The van der Waals surface area contributed by atoms with Gasteiger partial charge in [0.25, 0.3) is 5.91 Å². The van der Waals surface area contributed by atoms with Crippen molar-refractivity contribution in [2.24, 2.45) is 7.05 Å². The van der Waals surface area contributed by atoms with Gasteiger partial charge in [-0.25, -0.2) is 0 Å². The highest BCUT2D eigenvalue weighted by molar-refractivity contribution is 5.96. The first kappa shape index (κ1) is 15.9. The highest BCUT2D eigenvalue weighted by Gasteiger charge is 2.16. The lowest BCUT2D eigenvalue weighted by Crippen LogP contribution is -2.24. The first-order chi connectivity index (χ1) is 11.6. The molecule has 0 saturated carbocycles. The van der Waals surface area contributed by atoms with Crippen LogP contribution in [0.1, 0.15) is 27.3 Å². The molecule has 1 amide bonds. The summed E-state index contributed by atoms with van der Waals surface area (Å²) in [6.07, 6.45) is 5.22. The molecule has 0 aromatic carbocycles. The molecule has 6 heteroatoms. The van der Waals surface area contributed by atoms with Crippen LogP contribution in [0.25, 0.3) is 11.3 Å². The summed E-state index contributed by atoms with van der Waals surface area (Å²) in [6, 6.07) is 7.69. The predicted molar refractivity (Wildman–Crippen MR) is 91.3 cm³/mol. The zero-order valence-electron chi connectivity index (χ0n) is 13.9. The Morgan fingerprint density at radius 2 is 1.92 bits per heavy atom. The number of aromatic nitrogens is 4. The standard InChI is InChI=1S/C18H19N5O/c1-12-17(13(2)23(3)22-12)18(24)21-11-14-4-9-20-16(10-14)15-5-7-19-8-6-15/h4-10H,11H2,1-3H3,(H,21,24). The molecule has 6 nitrogen and oxygen atoms in total. The minimum absolute atomic E-state index is 0.111. The van der Waals surface area contributed by atoms with Crippen LogP contribution in [0.2, 0.25) is 0 Å². The van der Waals surface area contributed by atoms with Crippen LogP contribution in [0.15, 0.2) is 42.9 Å². The summed E-state index contributed by atoms with van der Waals surface area (Å²) >= 11 is 0. The number of amides is 1. The van der Waals surface area contributed by atoms with E-state index < -0.39 is 0 Å². The van der Waals surface area contributed by atoms with Gasteiger partial charge in [0.15, 0.2) is 0 Å². The summed E-state index contributed by atoms with van der Waals surface area (Å²) in [5, 5.41) is 7.24. The largest absolute Gasteiger partial charge is 0.348 e. The second kappa shape index (κ2) is 6.62. The fourth-order valence-corrected chi connectivity index (χ4v) is 2.64. The molecule has 3 aromatic rings. The Bertz CT molecular complexity index is 870. The van der Waals surface area contributed by atoms with Crippen LogP contribution in [-0.2, 0) is 13.6 Å². The smallest absolute Gasteiger partial charge is 0.255 e. The maximum atomic E-state index is 12.4. The second-order valence-electron chi connectivity index (χ2n) is 5.64. The summed E-state index contributed by atoms with van der Waals surface area (Å²) in [4.78, 5) is 20.8. The van der Waals surface area contributed by atoms with Gasteiger partial charge < -0.3 is 5.32 Å². The Morgan fingerprint density at radius 1 is 1.17 bits per heavy atom. The van der Waals surface area contributed by atoms with Gasteiger partial charge in [-0.1, -0.05) is 0 Å². The van der Waals surface area contributed by atoms with E-state index in [-0.39, 0.29) is 5.91 Å². The molecule has 3 rings (SSSR count). The van der Waals surface area contributed by atoms with E-state index >= 15 is 0 Å². The fraction of sp³-hybridized carbons (Fsp3) is 0.222. The van der Waals surface area contributed by atoms with Crippen molar-refractivity contribution < 1.29 is 4.79 Å². The highest BCUT2D eigenvalue weighted by Crippen LogP contribution is 2.17. The van der Waals surface area contributed by atoms with Gasteiger partial charge in [-0.2, -0.15) is 5.10 Å². The molecule has 0 spiro atoms. The lowest BCUT2D eigenvalue weighted by molar-refractivity contribution is 0.0949. The number of hydrogen-bond acceptors (Lipinski definition) is 4. The number of pyridine rings is 2. The molecule has 0 saturated heterocycles. The molecule has 0 unspecified atom stereocenters. The number of aryl methyl sites for hydroxylation is 2. The van der Waals surface area contributed by atoms with Gasteiger partial charge in [0.1, 0.15) is 0 Å². The van der Waals surface area contributed by atoms with Crippen LogP contribution in [0.3, 0.4) is 0 Å². The summed E-state index contributed by atoms with van der Waals surface area (Å²) in [5.74, 6) is -0.111. The van der Waals surface area contributed by atoms with Crippen LogP contribution in [0.4, 0.5) is 0 Å². The molecule has 122 valence electrons. The number of nitrogens with one attached hydrogen (secondary N) is 1. The molecule has 0 fully saturated rings. The third kappa shape index (κ3) is 3.17. The minimum Gasteiger partial charge on any atom is -0.348 e. The van der Waals surface area contributed by atoms with E-state index in [0.717, 1.165) is 28.2 Å². The Hall–Kier alpha value is -3.02. The zero-order valence-corrected chi connectivity index (χ0v) is 13.9. The van der Waals surface area contributed by atoms with Crippen molar-refractivity contribution >= 4 is 5.91 Å². The van der Waals surface area contributed by atoms with Crippen molar-refractivity contribution in [2.75, 3.05) is 0 Å². The predicted octanol–water partition coefficient (Wildman–Crippen LogP) is 2.42. The van der Waals surface area contributed by atoms with E-state index in [2.05, 4.69) is 20.4 Å². The summed E-state index contributed by atoms with van der Waals surface area (Å²) < 4.78 is 1.72. The van der Waals surface area contributed by atoms with Crippen LogP contribution >= 0.6 is 0 Å². The molecular formula is C18H19N5O. The molecule has 0 atom stereocenters. The van der Waals surface area contributed by atoms with E-state index in [4.69, 9.17) is 0 Å². The molecule has 0 aliphatic heterocycles. The SMILES string of the molecule is Cc1nn(C)c(C)c1C(=O)NCc1ccnc(-c2ccncc2)c1. The number of carbonyl (C=O) groups is 1. The molecule has 24 heavy (non-hydrogen) atoms. The Morgan fingerprint density at radius 3 is 2.58 bits per heavy atom. The van der Waals surface area contributed by atoms with Crippen molar-refractivity contribution in [1.29, 1.82) is 0 Å². The number of nitrogens with zero attached hydrogens (tertiary/aromatic N) is 4. The monoisotopic (exact) mass is 321 g/mol. The second-order valence-corrected chi connectivity index (χ2v) is 5.64. The molecule has 3 heterocycles. The van der Waals surface area contributed by atoms with E-state index in [1.54, 1.807) is 23.3 Å². The third-order valence-electron chi connectivity index (χ3n) is 3.99. The van der Waals surface area contributed by atoms with Crippen molar-refractivity contribution in [2.45, 2.75) is 20.4 Å². The van der Waals surface area contributed by atoms with Crippen molar-refractivity contribution in [3.05, 3.63) is 65.4 Å². The summed E-state index contributed by atoms with van der Waals surface area (Å²) in [6.45, 7) is 4.17. The minimum atomic E-state index is -0.111. The van der Waals surface area contributed by atoms with Crippen molar-refractivity contribution in [3.63, 3.8) is 0 Å². The maximum absolute atomic E-state index is 12.4. The Labute approximate surface area is 140 Å². The van der Waals surface area contributed by atoms with Gasteiger partial charge in [0.2, 0.25) is 0 Å². The van der Waals surface area contributed by atoms with Gasteiger partial charge in [-0.3, -0.25) is 19.4 Å². The molecule has 0 aliphatic rings.